The smallest absolute Gasteiger partial charge is 0.265 e. The molecule has 2 rings (SSSR count). The Balaban J connectivity index is 1.92. The maximum Gasteiger partial charge on any atom is 0.265 e. The number of aliphatic hydroxyl groups is 1. The van der Waals surface area contributed by atoms with Crippen molar-refractivity contribution in [1.29, 1.82) is 0 Å². The lowest BCUT2D eigenvalue weighted by Crippen LogP contribution is -2.38. The number of hydrogen-bond acceptors (Lipinski definition) is 5. The van der Waals surface area contributed by atoms with Crippen molar-refractivity contribution in [2.75, 3.05) is 31.6 Å². The largest absolute Gasteiger partial charge is 0.396 e. The topological polar surface area (TPSA) is 65.5 Å². The Morgan fingerprint density at radius 1 is 1.63 bits per heavy atom. The van der Waals surface area contributed by atoms with E-state index in [9.17, 15) is 4.79 Å². The summed E-state index contributed by atoms with van der Waals surface area (Å²) in [5, 5.41) is 12.9. The normalized spacial score (nSPS) is 16.4. The van der Waals surface area contributed by atoms with Crippen LogP contribution < -0.4 is 5.32 Å². The van der Waals surface area contributed by atoms with Crippen molar-refractivity contribution in [2.24, 2.45) is 5.92 Å². The lowest BCUT2D eigenvalue weighted by molar-refractivity contribution is 0.0655. The fourth-order valence-electron chi connectivity index (χ4n) is 2.09. The van der Waals surface area contributed by atoms with E-state index in [1.165, 1.54) is 11.3 Å². The summed E-state index contributed by atoms with van der Waals surface area (Å²) in [6.45, 7) is 5.93. The molecule has 1 amide bonds. The number of thiazole rings is 1. The van der Waals surface area contributed by atoms with Gasteiger partial charge in [0.05, 0.1) is 6.20 Å². The Labute approximate surface area is 117 Å². The minimum absolute atomic E-state index is 0.0422. The number of rotatable bonds is 5. The molecule has 1 fully saturated rings. The Kier molecular flexibility index (Phi) is 4.93. The molecule has 1 aliphatic heterocycles. The average Bonchev–Trinajstić information content (AvgIpc) is 2.93. The number of nitrogens with zero attached hydrogens (tertiary/aromatic N) is 2. The molecule has 0 unspecified atom stereocenters. The van der Waals surface area contributed by atoms with E-state index < -0.39 is 0 Å². The van der Waals surface area contributed by atoms with Crippen LogP contribution in [-0.4, -0.2) is 47.1 Å². The van der Waals surface area contributed by atoms with Crippen molar-refractivity contribution >= 4 is 22.4 Å². The third kappa shape index (κ3) is 3.54. The minimum atomic E-state index is 0.0422. The molecule has 0 saturated carbocycles. The molecule has 0 atom stereocenters. The van der Waals surface area contributed by atoms with Gasteiger partial charge in [-0.1, -0.05) is 17.4 Å². The predicted molar refractivity (Wildman–Crippen MR) is 76.5 cm³/mol. The highest BCUT2D eigenvalue weighted by Gasteiger charge is 2.24. The zero-order valence-corrected chi connectivity index (χ0v) is 11.7. The lowest BCUT2D eigenvalue weighted by Gasteiger charge is -2.30. The zero-order valence-electron chi connectivity index (χ0n) is 10.8. The van der Waals surface area contributed by atoms with Crippen LogP contribution >= 0.6 is 11.3 Å². The highest BCUT2D eigenvalue weighted by Crippen LogP contribution is 2.23. The summed E-state index contributed by atoms with van der Waals surface area (Å²) in [7, 11) is 0. The number of aromatic nitrogens is 1. The molecule has 6 heteroatoms. The van der Waals surface area contributed by atoms with Crippen molar-refractivity contribution in [3.8, 4) is 0 Å². The van der Waals surface area contributed by atoms with Crippen molar-refractivity contribution in [3.05, 3.63) is 23.7 Å². The SMILES string of the molecule is C=CCNc1ncc(C(=O)N2CCC(CO)CC2)s1. The summed E-state index contributed by atoms with van der Waals surface area (Å²) >= 11 is 1.37. The van der Waals surface area contributed by atoms with Crippen LogP contribution in [0.15, 0.2) is 18.9 Å². The summed E-state index contributed by atoms with van der Waals surface area (Å²) in [5.41, 5.74) is 0. The predicted octanol–water partition coefficient (Wildman–Crippen LogP) is 1.59. The summed E-state index contributed by atoms with van der Waals surface area (Å²) in [6, 6.07) is 0. The van der Waals surface area contributed by atoms with Crippen molar-refractivity contribution in [2.45, 2.75) is 12.8 Å². The number of carbonyl (C=O) groups is 1. The van der Waals surface area contributed by atoms with E-state index >= 15 is 0 Å². The van der Waals surface area contributed by atoms with Gasteiger partial charge in [0, 0.05) is 26.2 Å². The molecule has 0 bridgehead atoms. The average molecular weight is 281 g/mol. The van der Waals surface area contributed by atoms with Crippen LogP contribution in [-0.2, 0) is 0 Å². The highest BCUT2D eigenvalue weighted by molar-refractivity contribution is 7.17. The summed E-state index contributed by atoms with van der Waals surface area (Å²) in [5.74, 6) is 0.385. The Bertz CT molecular complexity index is 439. The molecule has 0 aliphatic carbocycles. The number of carbonyl (C=O) groups excluding carboxylic acids is 1. The maximum absolute atomic E-state index is 12.3. The fourth-order valence-corrected chi connectivity index (χ4v) is 2.88. The van der Waals surface area contributed by atoms with Gasteiger partial charge in [-0.2, -0.15) is 0 Å². The van der Waals surface area contributed by atoms with Crippen LogP contribution in [0.5, 0.6) is 0 Å². The summed E-state index contributed by atoms with van der Waals surface area (Å²) in [4.78, 5) is 18.9. The molecule has 1 aliphatic rings. The van der Waals surface area contributed by atoms with Gasteiger partial charge < -0.3 is 15.3 Å². The van der Waals surface area contributed by atoms with E-state index in [4.69, 9.17) is 5.11 Å². The van der Waals surface area contributed by atoms with Crippen molar-refractivity contribution < 1.29 is 9.90 Å². The molecule has 19 heavy (non-hydrogen) atoms. The van der Waals surface area contributed by atoms with E-state index in [-0.39, 0.29) is 12.5 Å². The first-order valence-corrected chi connectivity index (χ1v) is 7.27. The number of amides is 1. The first kappa shape index (κ1) is 14.0. The molecule has 1 saturated heterocycles. The van der Waals surface area contributed by atoms with Gasteiger partial charge in [0.25, 0.3) is 5.91 Å². The van der Waals surface area contributed by atoms with Gasteiger partial charge in [0.15, 0.2) is 5.13 Å². The number of likely N-dealkylation sites (tertiary alicyclic amines) is 1. The molecular weight excluding hydrogens is 262 g/mol. The van der Waals surface area contributed by atoms with Gasteiger partial charge in [0.2, 0.25) is 0 Å². The third-order valence-corrected chi connectivity index (χ3v) is 4.22. The number of hydrogen-bond donors (Lipinski definition) is 2. The second kappa shape index (κ2) is 6.68. The highest BCUT2D eigenvalue weighted by atomic mass is 32.1. The molecule has 5 nitrogen and oxygen atoms in total. The molecule has 2 N–H and O–H groups in total. The second-order valence-corrected chi connectivity index (χ2v) is 5.65. The monoisotopic (exact) mass is 281 g/mol. The third-order valence-electron chi connectivity index (χ3n) is 3.27. The van der Waals surface area contributed by atoms with Crippen LogP contribution in [0.25, 0.3) is 0 Å². The molecule has 2 heterocycles. The Hall–Kier alpha value is -1.40. The number of nitrogens with one attached hydrogen (secondary N) is 1. The van der Waals surface area contributed by atoms with E-state index in [1.807, 2.05) is 4.90 Å². The van der Waals surface area contributed by atoms with Gasteiger partial charge in [-0.05, 0) is 18.8 Å². The van der Waals surface area contributed by atoms with Gasteiger partial charge in [0.1, 0.15) is 4.88 Å². The number of aliphatic hydroxyl groups excluding tert-OH is 1. The standard InChI is InChI=1S/C13H19N3O2S/c1-2-5-14-13-15-8-11(19-13)12(18)16-6-3-10(9-17)4-7-16/h2,8,10,17H,1,3-7,9H2,(H,14,15). The minimum Gasteiger partial charge on any atom is -0.396 e. The quantitative estimate of drug-likeness (QED) is 0.804. The first-order chi connectivity index (χ1) is 9.24. The van der Waals surface area contributed by atoms with Gasteiger partial charge >= 0.3 is 0 Å². The Morgan fingerprint density at radius 2 is 2.37 bits per heavy atom. The van der Waals surface area contributed by atoms with Crippen LogP contribution in [0.3, 0.4) is 0 Å². The molecule has 1 aromatic rings. The molecule has 0 aromatic carbocycles. The van der Waals surface area contributed by atoms with Crippen LogP contribution in [0.2, 0.25) is 0 Å². The molecule has 0 spiro atoms. The van der Waals surface area contributed by atoms with E-state index in [2.05, 4.69) is 16.9 Å². The van der Waals surface area contributed by atoms with Crippen LogP contribution in [0, 0.1) is 5.92 Å². The molecule has 0 radical (unpaired) electrons. The molecular formula is C13H19N3O2S. The first-order valence-electron chi connectivity index (χ1n) is 6.45. The van der Waals surface area contributed by atoms with Gasteiger partial charge in [-0.3, -0.25) is 4.79 Å². The van der Waals surface area contributed by atoms with Crippen molar-refractivity contribution in [3.63, 3.8) is 0 Å². The zero-order chi connectivity index (χ0) is 13.7. The summed E-state index contributed by atoms with van der Waals surface area (Å²) < 4.78 is 0. The fraction of sp³-hybridized carbons (Fsp3) is 0.538. The second-order valence-electron chi connectivity index (χ2n) is 4.62. The summed E-state index contributed by atoms with van der Waals surface area (Å²) in [6.07, 6.45) is 5.13. The van der Waals surface area contributed by atoms with E-state index in [1.54, 1.807) is 12.3 Å². The van der Waals surface area contributed by atoms with Crippen LogP contribution in [0.4, 0.5) is 5.13 Å². The maximum atomic E-state index is 12.3. The van der Waals surface area contributed by atoms with Gasteiger partial charge in [-0.25, -0.2) is 4.98 Å². The molecule has 1 aromatic heterocycles. The lowest BCUT2D eigenvalue weighted by atomic mass is 9.98. The van der Waals surface area contributed by atoms with E-state index in [0.717, 1.165) is 31.1 Å². The Morgan fingerprint density at radius 3 is 3.00 bits per heavy atom. The number of piperidine rings is 1. The molecule has 104 valence electrons. The van der Waals surface area contributed by atoms with Crippen molar-refractivity contribution in [1.82, 2.24) is 9.88 Å². The van der Waals surface area contributed by atoms with E-state index in [0.29, 0.717) is 17.3 Å². The van der Waals surface area contributed by atoms with Crippen LogP contribution in [0.1, 0.15) is 22.5 Å². The number of anilines is 1. The van der Waals surface area contributed by atoms with Gasteiger partial charge in [-0.15, -0.1) is 6.58 Å².